The number of amides is 1. The number of benzene rings is 1. The summed E-state index contributed by atoms with van der Waals surface area (Å²) >= 11 is 0. The van der Waals surface area contributed by atoms with Crippen LogP contribution < -0.4 is 0 Å². The molecule has 0 saturated carbocycles. The van der Waals surface area contributed by atoms with Crippen LogP contribution >= 0.6 is 0 Å². The SMILES string of the molecule is CCN1CCN(C(=O)CC2OC(=O)c3ccccc32)CC1. The van der Waals surface area contributed by atoms with Crippen LogP contribution in [0, 0.1) is 0 Å². The van der Waals surface area contributed by atoms with Gasteiger partial charge in [0.25, 0.3) is 0 Å². The molecule has 3 rings (SSSR count). The van der Waals surface area contributed by atoms with Crippen molar-refractivity contribution in [3.8, 4) is 0 Å². The van der Waals surface area contributed by atoms with Crippen LogP contribution in [0.25, 0.3) is 0 Å². The monoisotopic (exact) mass is 288 g/mol. The molecule has 0 radical (unpaired) electrons. The largest absolute Gasteiger partial charge is 0.453 e. The van der Waals surface area contributed by atoms with Crippen LogP contribution in [0.15, 0.2) is 24.3 Å². The van der Waals surface area contributed by atoms with Crippen LogP contribution in [0.3, 0.4) is 0 Å². The lowest BCUT2D eigenvalue weighted by Crippen LogP contribution is -2.48. The number of likely N-dealkylation sites (N-methyl/N-ethyl adjacent to an activating group) is 1. The van der Waals surface area contributed by atoms with Gasteiger partial charge in [0.1, 0.15) is 6.10 Å². The second-order valence-electron chi connectivity index (χ2n) is 5.50. The molecule has 0 spiro atoms. The van der Waals surface area contributed by atoms with Gasteiger partial charge in [-0.2, -0.15) is 0 Å². The quantitative estimate of drug-likeness (QED) is 0.790. The van der Waals surface area contributed by atoms with E-state index in [9.17, 15) is 9.59 Å². The Bertz CT molecular complexity index is 550. The van der Waals surface area contributed by atoms with E-state index < -0.39 is 6.10 Å². The van der Waals surface area contributed by atoms with Crippen molar-refractivity contribution in [3.63, 3.8) is 0 Å². The normalized spacial score (nSPS) is 22.0. The molecule has 1 aromatic rings. The minimum Gasteiger partial charge on any atom is -0.453 e. The summed E-state index contributed by atoms with van der Waals surface area (Å²) in [4.78, 5) is 28.3. The molecule has 1 amide bonds. The minimum absolute atomic E-state index is 0.0697. The van der Waals surface area contributed by atoms with Crippen LogP contribution in [0.5, 0.6) is 0 Å². The lowest BCUT2D eigenvalue weighted by Gasteiger charge is -2.34. The molecule has 1 aromatic carbocycles. The molecule has 1 saturated heterocycles. The van der Waals surface area contributed by atoms with Gasteiger partial charge in [0.2, 0.25) is 5.91 Å². The highest BCUT2D eigenvalue weighted by molar-refractivity contribution is 5.94. The second-order valence-corrected chi connectivity index (χ2v) is 5.50. The molecule has 5 nitrogen and oxygen atoms in total. The molecule has 112 valence electrons. The molecule has 1 unspecified atom stereocenters. The topological polar surface area (TPSA) is 49.9 Å². The standard InChI is InChI=1S/C16H20N2O3/c1-2-17-7-9-18(10-8-17)15(19)11-14-12-5-3-4-6-13(12)16(20)21-14/h3-6,14H,2,7-11H2,1H3. The summed E-state index contributed by atoms with van der Waals surface area (Å²) in [5.74, 6) is -0.251. The number of piperazine rings is 1. The van der Waals surface area contributed by atoms with Crippen molar-refractivity contribution in [1.82, 2.24) is 9.80 Å². The van der Waals surface area contributed by atoms with E-state index in [1.807, 2.05) is 23.1 Å². The second kappa shape index (κ2) is 5.85. The number of rotatable bonds is 3. The van der Waals surface area contributed by atoms with Crippen molar-refractivity contribution in [2.75, 3.05) is 32.7 Å². The van der Waals surface area contributed by atoms with Gasteiger partial charge in [0, 0.05) is 31.7 Å². The molecular formula is C16H20N2O3. The Morgan fingerprint density at radius 2 is 1.95 bits per heavy atom. The third-order valence-corrected chi connectivity index (χ3v) is 4.31. The maximum absolute atomic E-state index is 12.4. The Morgan fingerprint density at radius 1 is 1.24 bits per heavy atom. The summed E-state index contributed by atoms with van der Waals surface area (Å²) in [5.41, 5.74) is 1.43. The van der Waals surface area contributed by atoms with Crippen LogP contribution in [0.4, 0.5) is 0 Å². The van der Waals surface area contributed by atoms with Crippen molar-refractivity contribution in [3.05, 3.63) is 35.4 Å². The predicted octanol–water partition coefficient (Wildman–Crippen LogP) is 1.45. The first-order chi connectivity index (χ1) is 10.2. The number of ether oxygens (including phenoxy) is 1. The zero-order chi connectivity index (χ0) is 14.8. The molecular weight excluding hydrogens is 268 g/mol. The zero-order valence-corrected chi connectivity index (χ0v) is 12.2. The number of cyclic esters (lactones) is 1. The minimum atomic E-state index is -0.426. The van der Waals surface area contributed by atoms with E-state index in [2.05, 4.69) is 11.8 Å². The number of hydrogen-bond acceptors (Lipinski definition) is 4. The van der Waals surface area contributed by atoms with Gasteiger partial charge in [-0.3, -0.25) is 4.79 Å². The van der Waals surface area contributed by atoms with Gasteiger partial charge < -0.3 is 14.5 Å². The first-order valence-electron chi connectivity index (χ1n) is 7.49. The van der Waals surface area contributed by atoms with Crippen LogP contribution in [0.1, 0.15) is 35.4 Å². The molecule has 0 aromatic heterocycles. The van der Waals surface area contributed by atoms with Crippen molar-refractivity contribution in [2.45, 2.75) is 19.4 Å². The molecule has 0 aliphatic carbocycles. The summed E-state index contributed by atoms with van der Waals surface area (Å²) in [7, 11) is 0. The number of hydrogen-bond donors (Lipinski definition) is 0. The van der Waals surface area contributed by atoms with E-state index in [-0.39, 0.29) is 18.3 Å². The summed E-state index contributed by atoms with van der Waals surface area (Å²) < 4.78 is 5.34. The van der Waals surface area contributed by atoms with E-state index in [0.717, 1.165) is 38.3 Å². The lowest BCUT2D eigenvalue weighted by atomic mass is 10.0. The van der Waals surface area contributed by atoms with Gasteiger partial charge in [-0.15, -0.1) is 0 Å². The highest BCUT2D eigenvalue weighted by atomic mass is 16.5. The highest BCUT2D eigenvalue weighted by Gasteiger charge is 2.33. The molecule has 2 aliphatic rings. The van der Waals surface area contributed by atoms with E-state index in [0.29, 0.717) is 5.56 Å². The van der Waals surface area contributed by atoms with E-state index in [1.54, 1.807) is 6.07 Å². The maximum Gasteiger partial charge on any atom is 0.339 e. The zero-order valence-electron chi connectivity index (χ0n) is 12.2. The third-order valence-electron chi connectivity index (χ3n) is 4.31. The molecule has 5 heteroatoms. The Kier molecular flexibility index (Phi) is 3.92. The Labute approximate surface area is 124 Å². The summed E-state index contributed by atoms with van der Waals surface area (Å²) in [6.45, 7) is 6.51. The molecule has 2 aliphatic heterocycles. The molecule has 0 N–H and O–H groups in total. The summed E-state index contributed by atoms with van der Waals surface area (Å²) in [6, 6.07) is 7.31. The van der Waals surface area contributed by atoms with Gasteiger partial charge in [0.05, 0.1) is 12.0 Å². The Morgan fingerprint density at radius 3 is 2.67 bits per heavy atom. The van der Waals surface area contributed by atoms with E-state index >= 15 is 0 Å². The average Bonchev–Trinajstić information content (AvgIpc) is 2.84. The number of carbonyl (C=O) groups is 2. The summed E-state index contributed by atoms with van der Waals surface area (Å²) in [5, 5.41) is 0. The van der Waals surface area contributed by atoms with Crippen molar-refractivity contribution < 1.29 is 14.3 Å². The smallest absolute Gasteiger partial charge is 0.339 e. The number of esters is 1. The molecule has 0 bridgehead atoms. The van der Waals surface area contributed by atoms with Gasteiger partial charge >= 0.3 is 5.97 Å². The third kappa shape index (κ3) is 2.78. The van der Waals surface area contributed by atoms with Gasteiger partial charge in [-0.05, 0) is 12.6 Å². The number of fused-ring (bicyclic) bond motifs is 1. The lowest BCUT2D eigenvalue weighted by molar-refractivity contribution is -0.135. The first-order valence-corrected chi connectivity index (χ1v) is 7.49. The Balaban J connectivity index is 1.63. The van der Waals surface area contributed by atoms with Gasteiger partial charge in [-0.25, -0.2) is 4.79 Å². The summed E-state index contributed by atoms with van der Waals surface area (Å²) in [6.07, 6.45) is -0.181. The fourth-order valence-electron chi connectivity index (χ4n) is 2.97. The molecule has 21 heavy (non-hydrogen) atoms. The number of carbonyl (C=O) groups excluding carboxylic acids is 2. The predicted molar refractivity (Wildman–Crippen MR) is 77.9 cm³/mol. The number of nitrogens with zero attached hydrogens (tertiary/aromatic N) is 2. The van der Waals surface area contributed by atoms with Crippen molar-refractivity contribution in [2.24, 2.45) is 0 Å². The van der Waals surface area contributed by atoms with Crippen molar-refractivity contribution in [1.29, 1.82) is 0 Å². The van der Waals surface area contributed by atoms with Gasteiger partial charge in [-0.1, -0.05) is 25.1 Å². The molecule has 1 atom stereocenters. The van der Waals surface area contributed by atoms with E-state index in [4.69, 9.17) is 4.74 Å². The average molecular weight is 288 g/mol. The Hall–Kier alpha value is -1.88. The first kappa shape index (κ1) is 14.1. The molecule has 2 heterocycles. The maximum atomic E-state index is 12.4. The van der Waals surface area contributed by atoms with Crippen molar-refractivity contribution >= 4 is 11.9 Å². The fourth-order valence-corrected chi connectivity index (χ4v) is 2.97. The van der Waals surface area contributed by atoms with Crippen LogP contribution in [-0.2, 0) is 9.53 Å². The van der Waals surface area contributed by atoms with Crippen LogP contribution in [-0.4, -0.2) is 54.4 Å². The van der Waals surface area contributed by atoms with Gasteiger partial charge in [0.15, 0.2) is 0 Å². The highest BCUT2D eigenvalue weighted by Crippen LogP contribution is 2.33. The molecule has 1 fully saturated rings. The van der Waals surface area contributed by atoms with E-state index in [1.165, 1.54) is 0 Å². The fraction of sp³-hybridized carbons (Fsp3) is 0.500. The van der Waals surface area contributed by atoms with Crippen LogP contribution in [0.2, 0.25) is 0 Å².